The average molecular weight is 362 g/mol. The molecule has 0 spiro atoms. The Balaban J connectivity index is 1.73. The van der Waals surface area contributed by atoms with Gasteiger partial charge in [-0.15, -0.1) is 0 Å². The fourth-order valence-corrected chi connectivity index (χ4v) is 4.18. The normalized spacial score (nSPS) is 16.3. The molecule has 0 atom stereocenters. The molecule has 1 amide bonds. The number of nitrogens with one attached hydrogen (secondary N) is 1. The largest absolute Gasteiger partial charge is 0.314 e. The Bertz CT molecular complexity index is 889. The predicted octanol–water partition coefficient (Wildman–Crippen LogP) is 1.51. The zero-order chi connectivity index (χ0) is 18.2. The number of hydrogen-bond donors (Lipinski definition) is 1. The van der Waals surface area contributed by atoms with Crippen molar-refractivity contribution < 1.29 is 13.2 Å². The van der Waals surface area contributed by atoms with Crippen LogP contribution in [0.1, 0.15) is 25.8 Å². The summed E-state index contributed by atoms with van der Waals surface area (Å²) in [6, 6.07) is 6.67. The van der Waals surface area contributed by atoms with Gasteiger partial charge in [0.2, 0.25) is 15.9 Å². The number of hydrogen-bond acceptors (Lipinski definition) is 4. The van der Waals surface area contributed by atoms with Crippen molar-refractivity contribution in [1.29, 1.82) is 0 Å². The molecule has 7 nitrogen and oxygen atoms in total. The zero-order valence-electron chi connectivity index (χ0n) is 14.6. The maximum absolute atomic E-state index is 12.5. The number of carbonyl (C=O) groups is 1. The van der Waals surface area contributed by atoms with Crippen LogP contribution < -0.4 is 9.62 Å². The molecule has 2 aromatic rings. The molecule has 1 aromatic carbocycles. The van der Waals surface area contributed by atoms with Gasteiger partial charge in [-0.25, -0.2) is 13.1 Å². The van der Waals surface area contributed by atoms with Crippen LogP contribution in [0.15, 0.2) is 41.6 Å². The molecule has 1 aromatic heterocycles. The van der Waals surface area contributed by atoms with E-state index in [1.54, 1.807) is 41.0 Å². The molecule has 134 valence electrons. The first-order valence-corrected chi connectivity index (χ1v) is 9.61. The zero-order valence-corrected chi connectivity index (χ0v) is 15.4. The van der Waals surface area contributed by atoms with Crippen molar-refractivity contribution in [2.24, 2.45) is 0 Å². The van der Waals surface area contributed by atoms with Crippen LogP contribution in [0.25, 0.3) is 0 Å². The standard InChI is InChI=1S/C17H22N4O3S/c1-17(2)14-12-13(6-7-15(14)20(3)16(17)22)25(23,24)19-9-5-11-21-10-4-8-18-21/h4,6-8,10,12,19H,5,9,11H2,1-3H3. The van der Waals surface area contributed by atoms with Crippen molar-refractivity contribution in [2.45, 2.75) is 37.1 Å². The smallest absolute Gasteiger partial charge is 0.240 e. The Hall–Kier alpha value is -2.19. The van der Waals surface area contributed by atoms with Crippen LogP contribution in [0, 0.1) is 0 Å². The van der Waals surface area contributed by atoms with Gasteiger partial charge in [0.1, 0.15) is 0 Å². The second-order valence-corrected chi connectivity index (χ2v) is 8.46. The summed E-state index contributed by atoms with van der Waals surface area (Å²) in [5.41, 5.74) is 0.766. The Labute approximate surface area is 147 Å². The van der Waals surface area contributed by atoms with E-state index in [2.05, 4.69) is 9.82 Å². The second kappa shape index (κ2) is 6.27. The lowest BCUT2D eigenvalue weighted by atomic mass is 9.86. The molecule has 0 radical (unpaired) electrons. The van der Waals surface area contributed by atoms with E-state index in [4.69, 9.17) is 0 Å². The number of likely N-dealkylation sites (N-methyl/N-ethyl adjacent to an activating group) is 1. The number of nitrogens with zero attached hydrogens (tertiary/aromatic N) is 3. The van der Waals surface area contributed by atoms with Gasteiger partial charge >= 0.3 is 0 Å². The van der Waals surface area contributed by atoms with Crippen molar-refractivity contribution in [3.05, 3.63) is 42.2 Å². The van der Waals surface area contributed by atoms with Gasteiger partial charge in [0, 0.05) is 38.2 Å². The average Bonchev–Trinajstić information content (AvgIpc) is 3.15. The molecule has 1 N–H and O–H groups in total. The maximum atomic E-state index is 12.5. The summed E-state index contributed by atoms with van der Waals surface area (Å²) in [7, 11) is -1.91. The van der Waals surface area contributed by atoms with E-state index in [-0.39, 0.29) is 10.8 Å². The van der Waals surface area contributed by atoms with Gasteiger partial charge in [0.05, 0.1) is 10.3 Å². The van der Waals surface area contributed by atoms with E-state index in [9.17, 15) is 13.2 Å². The Morgan fingerprint density at radius 2 is 2.04 bits per heavy atom. The van der Waals surface area contributed by atoms with Crippen LogP contribution in [-0.4, -0.2) is 37.7 Å². The van der Waals surface area contributed by atoms with Crippen LogP contribution in [-0.2, 0) is 26.8 Å². The topological polar surface area (TPSA) is 84.3 Å². The van der Waals surface area contributed by atoms with Gasteiger partial charge < -0.3 is 4.90 Å². The van der Waals surface area contributed by atoms with Crippen molar-refractivity contribution in [3.63, 3.8) is 0 Å². The van der Waals surface area contributed by atoms with Crippen molar-refractivity contribution in [1.82, 2.24) is 14.5 Å². The number of amides is 1. The third-order valence-electron chi connectivity index (χ3n) is 4.57. The molecule has 0 fully saturated rings. The van der Waals surface area contributed by atoms with Gasteiger partial charge in [-0.2, -0.15) is 5.10 Å². The van der Waals surface area contributed by atoms with E-state index in [1.807, 2.05) is 26.1 Å². The van der Waals surface area contributed by atoms with Gasteiger partial charge in [0.25, 0.3) is 0 Å². The highest BCUT2D eigenvalue weighted by Crippen LogP contribution is 2.41. The third-order valence-corrected chi connectivity index (χ3v) is 6.03. The lowest BCUT2D eigenvalue weighted by Crippen LogP contribution is -2.33. The molecule has 1 aliphatic rings. The van der Waals surface area contributed by atoms with Crippen molar-refractivity contribution in [3.8, 4) is 0 Å². The Morgan fingerprint density at radius 1 is 1.28 bits per heavy atom. The molecule has 0 saturated heterocycles. The fraction of sp³-hybridized carbons (Fsp3) is 0.412. The van der Waals surface area contributed by atoms with Gasteiger partial charge in [-0.1, -0.05) is 0 Å². The minimum absolute atomic E-state index is 0.0378. The number of benzene rings is 1. The lowest BCUT2D eigenvalue weighted by Gasteiger charge is -2.16. The lowest BCUT2D eigenvalue weighted by molar-refractivity contribution is -0.121. The summed E-state index contributed by atoms with van der Waals surface area (Å²) in [6.07, 6.45) is 4.16. The van der Waals surface area contributed by atoms with Crippen LogP contribution in [0.3, 0.4) is 0 Å². The number of anilines is 1. The van der Waals surface area contributed by atoms with Crippen LogP contribution in [0.2, 0.25) is 0 Å². The first kappa shape index (κ1) is 17.6. The maximum Gasteiger partial charge on any atom is 0.240 e. The van der Waals surface area contributed by atoms with E-state index in [0.717, 1.165) is 11.3 Å². The molecular formula is C17H22N4O3S. The van der Waals surface area contributed by atoms with Crippen LogP contribution in [0.4, 0.5) is 5.69 Å². The number of rotatable bonds is 6. The number of fused-ring (bicyclic) bond motifs is 1. The molecule has 25 heavy (non-hydrogen) atoms. The Morgan fingerprint density at radius 3 is 2.72 bits per heavy atom. The highest BCUT2D eigenvalue weighted by molar-refractivity contribution is 7.89. The summed E-state index contributed by atoms with van der Waals surface area (Å²) in [6.45, 7) is 4.59. The number of sulfonamides is 1. The second-order valence-electron chi connectivity index (χ2n) is 6.69. The van der Waals surface area contributed by atoms with Gasteiger partial charge in [-0.05, 0) is 50.1 Å². The quantitative estimate of drug-likeness (QED) is 0.790. The summed E-state index contributed by atoms with van der Waals surface area (Å²) < 4.78 is 29.4. The highest BCUT2D eigenvalue weighted by atomic mass is 32.2. The fourth-order valence-electron chi connectivity index (χ4n) is 3.08. The SMILES string of the molecule is CN1C(=O)C(C)(C)c2cc(S(=O)(=O)NCCCn3cccn3)ccc21. The van der Waals surface area contributed by atoms with Crippen molar-refractivity contribution >= 4 is 21.6 Å². The number of carbonyl (C=O) groups excluding carboxylic acids is 1. The molecule has 8 heteroatoms. The predicted molar refractivity (Wildman–Crippen MR) is 94.9 cm³/mol. The summed E-state index contributed by atoms with van der Waals surface area (Å²) >= 11 is 0. The molecular weight excluding hydrogens is 340 g/mol. The first-order valence-electron chi connectivity index (χ1n) is 8.13. The molecule has 0 saturated carbocycles. The number of aryl methyl sites for hydroxylation is 1. The van der Waals surface area contributed by atoms with E-state index < -0.39 is 15.4 Å². The summed E-state index contributed by atoms with van der Waals surface area (Å²) in [5, 5.41) is 4.08. The number of aromatic nitrogens is 2. The van der Waals surface area contributed by atoms with E-state index in [1.165, 1.54) is 0 Å². The molecule has 0 bridgehead atoms. The molecule has 0 aliphatic carbocycles. The van der Waals surface area contributed by atoms with E-state index in [0.29, 0.717) is 19.5 Å². The third kappa shape index (κ3) is 3.19. The summed E-state index contributed by atoms with van der Waals surface area (Å²) in [4.78, 5) is 14.1. The Kier molecular flexibility index (Phi) is 4.42. The summed E-state index contributed by atoms with van der Waals surface area (Å²) in [5.74, 6) is -0.0378. The van der Waals surface area contributed by atoms with Gasteiger partial charge in [0.15, 0.2) is 0 Å². The van der Waals surface area contributed by atoms with E-state index >= 15 is 0 Å². The molecule has 0 unspecified atom stereocenters. The highest BCUT2D eigenvalue weighted by Gasteiger charge is 2.42. The molecule has 1 aliphatic heterocycles. The van der Waals surface area contributed by atoms with Crippen molar-refractivity contribution in [2.75, 3.05) is 18.5 Å². The molecule has 3 rings (SSSR count). The monoisotopic (exact) mass is 362 g/mol. The van der Waals surface area contributed by atoms with Crippen LogP contribution in [0.5, 0.6) is 0 Å². The minimum Gasteiger partial charge on any atom is -0.314 e. The van der Waals surface area contributed by atoms with Crippen LogP contribution >= 0.6 is 0 Å². The first-order chi connectivity index (χ1) is 11.7. The minimum atomic E-state index is -3.62. The molecule has 2 heterocycles. The van der Waals surface area contributed by atoms with Gasteiger partial charge in [-0.3, -0.25) is 9.48 Å².